The highest BCUT2D eigenvalue weighted by Gasteiger charge is 2.28. The highest BCUT2D eigenvalue weighted by atomic mass is 16.5. The molecule has 2 aromatic carbocycles. The summed E-state index contributed by atoms with van der Waals surface area (Å²) in [6.07, 6.45) is 4.32. The third-order valence-corrected chi connectivity index (χ3v) is 5.72. The molecule has 1 aliphatic rings. The van der Waals surface area contributed by atoms with Crippen molar-refractivity contribution in [2.75, 3.05) is 41.0 Å². The Morgan fingerprint density at radius 2 is 1.66 bits per heavy atom. The molecular weight excluding hydrogens is 450 g/mol. The molecule has 0 bridgehead atoms. The molecule has 1 fully saturated rings. The second kappa shape index (κ2) is 12.5. The van der Waals surface area contributed by atoms with Gasteiger partial charge in [0.2, 0.25) is 5.91 Å². The summed E-state index contributed by atoms with van der Waals surface area (Å²) < 4.78 is 21.4. The number of carbonyl (C=O) groups excluding carboxylic acids is 2. The summed E-state index contributed by atoms with van der Waals surface area (Å²) in [5.74, 6) is 1.74. The van der Waals surface area contributed by atoms with Crippen LogP contribution in [0.2, 0.25) is 0 Å². The number of piperidine rings is 1. The first-order valence-electron chi connectivity index (χ1n) is 11.3. The van der Waals surface area contributed by atoms with Gasteiger partial charge in [-0.2, -0.15) is 5.10 Å². The largest absolute Gasteiger partial charge is 0.493 e. The minimum atomic E-state index is -0.217. The second-order valence-corrected chi connectivity index (χ2v) is 7.88. The van der Waals surface area contributed by atoms with Gasteiger partial charge < -0.3 is 23.8 Å². The van der Waals surface area contributed by atoms with Gasteiger partial charge in [0.1, 0.15) is 6.61 Å². The van der Waals surface area contributed by atoms with E-state index in [1.54, 1.807) is 61.7 Å². The van der Waals surface area contributed by atoms with Crippen LogP contribution in [0, 0.1) is 5.92 Å². The van der Waals surface area contributed by atoms with Crippen LogP contribution in [0.3, 0.4) is 0 Å². The summed E-state index contributed by atoms with van der Waals surface area (Å²) in [6, 6.07) is 10.5. The first kappa shape index (κ1) is 25.6. The van der Waals surface area contributed by atoms with Gasteiger partial charge in [0.05, 0.1) is 27.5 Å². The van der Waals surface area contributed by atoms with Crippen LogP contribution in [0.5, 0.6) is 23.0 Å². The first-order valence-corrected chi connectivity index (χ1v) is 11.3. The molecule has 0 saturated carbocycles. The number of hydrazone groups is 1. The lowest BCUT2D eigenvalue weighted by atomic mass is 9.95. The number of methoxy groups -OCH3 is 3. The Bertz CT molecular complexity index is 1080. The standard InChI is InChI=1S/C26H31N3O6/c1-5-14-35-22-8-6-18(15-23(22)33-3)17-27-28-25(30)19-10-12-29(13-11-19)26(31)20-7-9-21(32-2)24(16-20)34-4/h5-9,15-17,19H,1,10-14H2,2-4H3,(H,28,30)/b27-17-. The molecule has 9 nitrogen and oxygen atoms in total. The van der Waals surface area contributed by atoms with Gasteiger partial charge in [-0.15, -0.1) is 0 Å². The Labute approximate surface area is 205 Å². The van der Waals surface area contributed by atoms with Gasteiger partial charge in [0, 0.05) is 24.6 Å². The average Bonchev–Trinajstić information content (AvgIpc) is 2.91. The highest BCUT2D eigenvalue weighted by molar-refractivity contribution is 5.95. The van der Waals surface area contributed by atoms with Gasteiger partial charge in [-0.1, -0.05) is 12.7 Å². The lowest BCUT2D eigenvalue weighted by molar-refractivity contribution is -0.126. The van der Waals surface area contributed by atoms with E-state index in [2.05, 4.69) is 17.1 Å². The molecule has 0 aliphatic carbocycles. The summed E-state index contributed by atoms with van der Waals surface area (Å²) >= 11 is 0. The number of hydrogen-bond acceptors (Lipinski definition) is 7. The number of nitrogens with one attached hydrogen (secondary N) is 1. The van der Waals surface area contributed by atoms with Gasteiger partial charge in [0.25, 0.3) is 5.91 Å². The zero-order valence-electron chi connectivity index (χ0n) is 20.3. The van der Waals surface area contributed by atoms with E-state index in [1.165, 1.54) is 7.11 Å². The van der Waals surface area contributed by atoms with Crippen LogP contribution in [0.4, 0.5) is 0 Å². The number of hydrogen-bond donors (Lipinski definition) is 1. The summed E-state index contributed by atoms with van der Waals surface area (Å²) in [6.45, 7) is 4.97. The number of nitrogens with zero attached hydrogens (tertiary/aromatic N) is 2. The van der Waals surface area contributed by atoms with Gasteiger partial charge >= 0.3 is 0 Å². The molecule has 186 valence electrons. The van der Waals surface area contributed by atoms with Crippen LogP contribution in [0.15, 0.2) is 54.2 Å². The fourth-order valence-electron chi connectivity index (χ4n) is 3.79. The zero-order chi connectivity index (χ0) is 25.2. The quantitative estimate of drug-likeness (QED) is 0.318. The van der Waals surface area contributed by atoms with Crippen molar-refractivity contribution < 1.29 is 28.5 Å². The predicted octanol–water partition coefficient (Wildman–Crippen LogP) is 3.28. The van der Waals surface area contributed by atoms with Crippen LogP contribution in [0.25, 0.3) is 0 Å². The molecular formula is C26H31N3O6. The number of ether oxygens (including phenoxy) is 4. The normalized spacial score (nSPS) is 13.9. The van der Waals surface area contributed by atoms with Crippen LogP contribution >= 0.6 is 0 Å². The lowest BCUT2D eigenvalue weighted by Crippen LogP contribution is -2.42. The molecule has 1 saturated heterocycles. The van der Waals surface area contributed by atoms with Gasteiger partial charge in [-0.25, -0.2) is 5.43 Å². The fraction of sp³-hybridized carbons (Fsp3) is 0.346. The molecule has 0 atom stereocenters. The molecule has 0 unspecified atom stereocenters. The van der Waals surface area contributed by atoms with E-state index >= 15 is 0 Å². The minimum Gasteiger partial charge on any atom is -0.493 e. The number of carbonyl (C=O) groups is 2. The van der Waals surface area contributed by atoms with Crippen LogP contribution in [-0.2, 0) is 4.79 Å². The van der Waals surface area contributed by atoms with Crippen molar-refractivity contribution in [2.24, 2.45) is 11.0 Å². The highest BCUT2D eigenvalue weighted by Crippen LogP contribution is 2.29. The lowest BCUT2D eigenvalue weighted by Gasteiger charge is -2.31. The summed E-state index contributed by atoms with van der Waals surface area (Å²) in [4.78, 5) is 27.2. The van der Waals surface area contributed by atoms with Crippen molar-refractivity contribution in [1.82, 2.24) is 10.3 Å². The Balaban J connectivity index is 1.52. The van der Waals surface area contributed by atoms with E-state index < -0.39 is 0 Å². The maximum absolute atomic E-state index is 12.9. The molecule has 1 N–H and O–H groups in total. The molecule has 1 aliphatic heterocycles. The van der Waals surface area contributed by atoms with Crippen LogP contribution in [-0.4, -0.2) is 64.0 Å². The van der Waals surface area contributed by atoms with Gasteiger partial charge in [-0.05, 0) is 54.8 Å². The Morgan fingerprint density at radius 1 is 1.00 bits per heavy atom. The summed E-state index contributed by atoms with van der Waals surface area (Å²) in [5, 5.41) is 4.08. The van der Waals surface area contributed by atoms with Crippen molar-refractivity contribution in [3.05, 3.63) is 60.2 Å². The third kappa shape index (κ3) is 6.53. The number of benzene rings is 2. The van der Waals surface area contributed by atoms with Crippen molar-refractivity contribution in [2.45, 2.75) is 12.8 Å². The predicted molar refractivity (Wildman–Crippen MR) is 133 cm³/mol. The maximum Gasteiger partial charge on any atom is 0.253 e. The molecule has 35 heavy (non-hydrogen) atoms. The number of likely N-dealkylation sites (tertiary alicyclic amines) is 1. The van der Waals surface area contributed by atoms with Crippen LogP contribution in [0.1, 0.15) is 28.8 Å². The summed E-state index contributed by atoms with van der Waals surface area (Å²) in [5.41, 5.74) is 3.88. The Kier molecular flexibility index (Phi) is 9.11. The van der Waals surface area contributed by atoms with Gasteiger partial charge in [0.15, 0.2) is 23.0 Å². The molecule has 9 heteroatoms. The molecule has 0 spiro atoms. The third-order valence-electron chi connectivity index (χ3n) is 5.72. The van der Waals surface area contributed by atoms with E-state index in [0.717, 1.165) is 5.56 Å². The smallest absolute Gasteiger partial charge is 0.253 e. The van der Waals surface area contributed by atoms with Crippen molar-refractivity contribution in [1.29, 1.82) is 0 Å². The molecule has 0 aromatic heterocycles. The van der Waals surface area contributed by atoms with E-state index in [0.29, 0.717) is 61.1 Å². The topological polar surface area (TPSA) is 98.7 Å². The van der Waals surface area contributed by atoms with Crippen molar-refractivity contribution >= 4 is 18.0 Å². The van der Waals surface area contributed by atoms with E-state index in [4.69, 9.17) is 18.9 Å². The fourth-order valence-corrected chi connectivity index (χ4v) is 3.79. The Hall–Kier alpha value is -4.01. The van der Waals surface area contributed by atoms with Crippen molar-refractivity contribution in [3.63, 3.8) is 0 Å². The van der Waals surface area contributed by atoms with E-state index in [1.807, 2.05) is 6.07 Å². The van der Waals surface area contributed by atoms with E-state index in [9.17, 15) is 9.59 Å². The molecule has 1 heterocycles. The monoisotopic (exact) mass is 481 g/mol. The molecule has 0 radical (unpaired) electrons. The molecule has 3 rings (SSSR count). The van der Waals surface area contributed by atoms with E-state index in [-0.39, 0.29) is 17.7 Å². The number of amides is 2. The summed E-state index contributed by atoms with van der Waals surface area (Å²) in [7, 11) is 4.64. The van der Waals surface area contributed by atoms with Crippen molar-refractivity contribution in [3.8, 4) is 23.0 Å². The van der Waals surface area contributed by atoms with Gasteiger partial charge in [-0.3, -0.25) is 9.59 Å². The molecule has 2 aromatic rings. The average molecular weight is 482 g/mol. The second-order valence-electron chi connectivity index (χ2n) is 7.88. The first-order chi connectivity index (χ1) is 17.0. The maximum atomic E-state index is 12.9. The van der Waals surface area contributed by atoms with Crippen LogP contribution < -0.4 is 24.4 Å². The number of rotatable bonds is 10. The molecule has 2 amide bonds. The SMILES string of the molecule is C=CCOc1ccc(/C=N\NC(=O)C2CCN(C(=O)c3ccc(OC)c(OC)c3)CC2)cc1OC. The zero-order valence-corrected chi connectivity index (χ0v) is 20.3. The Morgan fingerprint density at radius 3 is 2.31 bits per heavy atom. The minimum absolute atomic E-state index is 0.0997.